The lowest BCUT2D eigenvalue weighted by molar-refractivity contribution is -0.388. The van der Waals surface area contributed by atoms with Crippen LogP contribution in [0.5, 0.6) is 0 Å². The smallest absolute Gasteiger partial charge is 0.284 e. The van der Waals surface area contributed by atoms with Gasteiger partial charge in [-0.3, -0.25) is 10.1 Å². The van der Waals surface area contributed by atoms with Crippen molar-refractivity contribution in [1.29, 1.82) is 0 Å². The van der Waals surface area contributed by atoms with Crippen LogP contribution in [0.2, 0.25) is 0 Å². The molecule has 2 aliphatic rings. The van der Waals surface area contributed by atoms with Crippen LogP contribution >= 0.6 is 23.1 Å². The van der Waals surface area contributed by atoms with E-state index in [0.717, 1.165) is 55.3 Å². The molecule has 1 aromatic carbocycles. The topological polar surface area (TPSA) is 119 Å². The largest absolute Gasteiger partial charge is 0.378 e. The molecule has 0 bridgehead atoms. The lowest BCUT2D eigenvalue weighted by Crippen LogP contribution is -2.36. The van der Waals surface area contributed by atoms with E-state index < -0.39 is 14.9 Å². The molecule has 0 aliphatic carbocycles. The fourth-order valence-electron chi connectivity index (χ4n) is 3.36. The molecule has 0 unspecified atom stereocenters. The standard InChI is InChI=1S/C17H21N5O5S3/c23-22(24)14-12-13(30(25,26)21-6-2-1-3-7-21)4-5-15(14)28-17-19-18-16(29-17)20-8-10-27-11-9-20/h4-5,12H,1-3,6-11H2. The summed E-state index contributed by atoms with van der Waals surface area (Å²) in [6, 6.07) is 4.06. The predicted octanol–water partition coefficient (Wildman–Crippen LogP) is 2.61. The molecule has 2 aliphatic heterocycles. The molecule has 0 spiro atoms. The third-order valence-corrected chi connectivity index (χ3v) is 8.95. The van der Waals surface area contributed by atoms with Crippen molar-refractivity contribution in [1.82, 2.24) is 14.5 Å². The van der Waals surface area contributed by atoms with Gasteiger partial charge in [-0.1, -0.05) is 17.8 Å². The van der Waals surface area contributed by atoms with Crippen LogP contribution in [-0.4, -0.2) is 67.2 Å². The molecule has 30 heavy (non-hydrogen) atoms. The van der Waals surface area contributed by atoms with Crippen molar-refractivity contribution >= 4 is 43.9 Å². The number of aromatic nitrogens is 2. The van der Waals surface area contributed by atoms with Gasteiger partial charge in [0.1, 0.15) is 0 Å². The zero-order valence-corrected chi connectivity index (χ0v) is 18.5. The van der Waals surface area contributed by atoms with Crippen LogP contribution in [0, 0.1) is 10.1 Å². The van der Waals surface area contributed by atoms with E-state index in [-0.39, 0.29) is 10.6 Å². The molecule has 4 rings (SSSR count). The lowest BCUT2D eigenvalue weighted by Gasteiger charge is -2.25. The van der Waals surface area contributed by atoms with Crippen molar-refractivity contribution < 1.29 is 18.1 Å². The van der Waals surface area contributed by atoms with Crippen molar-refractivity contribution in [2.45, 2.75) is 33.4 Å². The molecule has 2 saturated heterocycles. The number of hydrogen-bond acceptors (Lipinski definition) is 10. The molecule has 13 heteroatoms. The van der Waals surface area contributed by atoms with Crippen LogP contribution < -0.4 is 4.90 Å². The molecule has 2 fully saturated rings. The number of piperidine rings is 1. The van der Waals surface area contributed by atoms with Crippen molar-refractivity contribution in [3.63, 3.8) is 0 Å². The third-order valence-electron chi connectivity index (χ3n) is 4.95. The second kappa shape index (κ2) is 9.14. The summed E-state index contributed by atoms with van der Waals surface area (Å²) in [5.41, 5.74) is -0.249. The van der Waals surface area contributed by atoms with Crippen LogP contribution in [0.3, 0.4) is 0 Å². The van der Waals surface area contributed by atoms with Crippen LogP contribution in [-0.2, 0) is 14.8 Å². The van der Waals surface area contributed by atoms with Crippen LogP contribution in [0.4, 0.5) is 10.8 Å². The Kier molecular flexibility index (Phi) is 6.53. The summed E-state index contributed by atoms with van der Waals surface area (Å²) < 4.78 is 33.0. The van der Waals surface area contributed by atoms with Gasteiger partial charge in [-0.25, -0.2) is 8.42 Å². The Morgan fingerprint density at radius 1 is 1.10 bits per heavy atom. The molecule has 1 aromatic heterocycles. The Bertz CT molecular complexity index is 1020. The van der Waals surface area contributed by atoms with Crippen LogP contribution in [0.1, 0.15) is 19.3 Å². The predicted molar refractivity (Wildman–Crippen MR) is 113 cm³/mol. The minimum absolute atomic E-state index is 0.0493. The highest BCUT2D eigenvalue weighted by Crippen LogP contribution is 2.39. The number of hydrogen-bond donors (Lipinski definition) is 0. The van der Waals surface area contributed by atoms with Gasteiger partial charge in [0.2, 0.25) is 15.2 Å². The number of nitro benzene ring substituents is 1. The molecule has 0 N–H and O–H groups in total. The molecular weight excluding hydrogens is 450 g/mol. The minimum atomic E-state index is -3.74. The summed E-state index contributed by atoms with van der Waals surface area (Å²) in [4.78, 5) is 13.4. The van der Waals surface area contributed by atoms with E-state index in [2.05, 4.69) is 15.1 Å². The summed E-state index contributed by atoms with van der Waals surface area (Å²) in [5.74, 6) is 0. The van der Waals surface area contributed by atoms with E-state index in [1.54, 1.807) is 0 Å². The van der Waals surface area contributed by atoms with Gasteiger partial charge in [0.15, 0.2) is 4.34 Å². The van der Waals surface area contributed by atoms with Crippen molar-refractivity contribution in [3.8, 4) is 0 Å². The summed E-state index contributed by atoms with van der Waals surface area (Å²) in [7, 11) is -3.74. The van der Waals surface area contributed by atoms with Crippen LogP contribution in [0.15, 0.2) is 32.3 Å². The first-order valence-corrected chi connectivity index (χ1v) is 12.6. The van der Waals surface area contributed by atoms with Crippen molar-refractivity contribution in [3.05, 3.63) is 28.3 Å². The second-order valence-electron chi connectivity index (χ2n) is 6.90. The highest BCUT2D eigenvalue weighted by atomic mass is 32.2. The summed E-state index contributed by atoms with van der Waals surface area (Å²) in [6.45, 7) is 3.59. The normalized spacial score (nSPS) is 18.5. The second-order valence-corrected chi connectivity index (χ2v) is 11.1. The Hall–Kier alpha value is -1.80. The van der Waals surface area contributed by atoms with Crippen LogP contribution in [0.25, 0.3) is 0 Å². The maximum atomic E-state index is 12.9. The van der Waals surface area contributed by atoms with Gasteiger partial charge in [-0.05, 0) is 36.7 Å². The molecule has 2 aromatic rings. The number of rotatable bonds is 6. The fraction of sp³-hybridized carbons (Fsp3) is 0.529. The van der Waals surface area contributed by atoms with E-state index in [1.807, 2.05) is 0 Å². The van der Waals surface area contributed by atoms with E-state index >= 15 is 0 Å². The van der Waals surface area contributed by atoms with Crippen molar-refractivity contribution in [2.24, 2.45) is 0 Å². The number of sulfonamides is 1. The van der Waals surface area contributed by atoms with Gasteiger partial charge < -0.3 is 9.64 Å². The first-order chi connectivity index (χ1) is 14.4. The molecule has 0 atom stereocenters. The minimum Gasteiger partial charge on any atom is -0.378 e. The van der Waals surface area contributed by atoms with Gasteiger partial charge in [0.25, 0.3) is 5.69 Å². The van der Waals surface area contributed by atoms with Gasteiger partial charge in [-0.15, -0.1) is 10.2 Å². The number of ether oxygens (including phenoxy) is 1. The molecule has 0 amide bonds. The Morgan fingerprint density at radius 2 is 1.83 bits per heavy atom. The first-order valence-electron chi connectivity index (χ1n) is 9.58. The van der Waals surface area contributed by atoms with Gasteiger partial charge >= 0.3 is 0 Å². The first kappa shape index (κ1) is 21.4. The third kappa shape index (κ3) is 4.59. The molecular formula is C17H21N5O5S3. The van der Waals surface area contributed by atoms with Crippen molar-refractivity contribution in [2.75, 3.05) is 44.3 Å². The van der Waals surface area contributed by atoms with Gasteiger partial charge in [-0.2, -0.15) is 4.31 Å². The van der Waals surface area contributed by atoms with E-state index in [9.17, 15) is 18.5 Å². The van der Waals surface area contributed by atoms with E-state index in [0.29, 0.717) is 35.5 Å². The molecule has 0 radical (unpaired) electrons. The van der Waals surface area contributed by atoms with E-state index in [4.69, 9.17) is 4.74 Å². The summed E-state index contributed by atoms with van der Waals surface area (Å²) >= 11 is 2.47. The zero-order chi connectivity index (χ0) is 21.1. The lowest BCUT2D eigenvalue weighted by atomic mass is 10.2. The monoisotopic (exact) mass is 471 g/mol. The SMILES string of the molecule is O=[N+]([O-])c1cc(S(=O)(=O)N2CCCCC2)ccc1Sc1nnc(N2CCOCC2)s1. The average Bonchev–Trinajstić information content (AvgIpc) is 3.23. The quantitative estimate of drug-likeness (QED) is 0.462. The Balaban J connectivity index is 1.57. The molecule has 0 saturated carbocycles. The van der Waals surface area contributed by atoms with Gasteiger partial charge in [0.05, 0.1) is 27.9 Å². The Morgan fingerprint density at radius 3 is 2.53 bits per heavy atom. The van der Waals surface area contributed by atoms with Gasteiger partial charge in [0, 0.05) is 32.2 Å². The molecule has 10 nitrogen and oxygen atoms in total. The number of nitro groups is 1. The number of benzene rings is 1. The number of morpholine rings is 1. The fourth-order valence-corrected chi connectivity index (χ4v) is 6.83. The summed E-state index contributed by atoms with van der Waals surface area (Å²) in [6.07, 6.45) is 2.60. The molecule has 162 valence electrons. The maximum absolute atomic E-state index is 12.9. The highest BCUT2D eigenvalue weighted by molar-refractivity contribution is 8.01. The number of anilines is 1. The Labute approximate surface area is 182 Å². The number of nitrogens with zero attached hydrogens (tertiary/aromatic N) is 5. The summed E-state index contributed by atoms with van der Waals surface area (Å²) in [5, 5.41) is 20.7. The highest BCUT2D eigenvalue weighted by Gasteiger charge is 2.29. The van der Waals surface area contributed by atoms with E-state index in [1.165, 1.54) is 27.8 Å². The molecule has 3 heterocycles. The zero-order valence-electron chi connectivity index (χ0n) is 16.1. The average molecular weight is 472 g/mol. The maximum Gasteiger partial charge on any atom is 0.284 e.